The number of carbonyl (C=O) groups excluding carboxylic acids is 1. The number of amides is 1. The van der Waals surface area contributed by atoms with E-state index < -0.39 is 0 Å². The summed E-state index contributed by atoms with van der Waals surface area (Å²) in [6.45, 7) is 2.41. The third kappa shape index (κ3) is 4.42. The van der Waals surface area contributed by atoms with Gasteiger partial charge in [-0.2, -0.15) is 10.1 Å². The molecule has 0 aliphatic carbocycles. The zero-order valence-corrected chi connectivity index (χ0v) is 18.8. The third-order valence-corrected chi connectivity index (χ3v) is 5.46. The number of anilines is 1. The van der Waals surface area contributed by atoms with Crippen LogP contribution in [0.25, 0.3) is 16.7 Å². The molecule has 0 radical (unpaired) electrons. The molecule has 8 nitrogen and oxygen atoms in total. The normalized spacial score (nSPS) is 11.3. The molecule has 1 amide bonds. The molecule has 4 rings (SSSR count). The summed E-state index contributed by atoms with van der Waals surface area (Å²) >= 11 is 6.20. The highest BCUT2D eigenvalue weighted by Crippen LogP contribution is 2.25. The number of rotatable bonds is 6. The second-order valence-electron chi connectivity index (χ2n) is 7.67. The fourth-order valence-corrected chi connectivity index (χ4v) is 3.64. The van der Waals surface area contributed by atoms with Crippen molar-refractivity contribution in [1.82, 2.24) is 24.6 Å². The van der Waals surface area contributed by atoms with Crippen LogP contribution in [-0.4, -0.2) is 56.3 Å². The fourth-order valence-electron chi connectivity index (χ4n) is 3.38. The zero-order valence-electron chi connectivity index (χ0n) is 18.0. The van der Waals surface area contributed by atoms with Crippen LogP contribution in [0, 0.1) is 6.92 Å². The number of aromatic nitrogens is 4. The van der Waals surface area contributed by atoms with Crippen LogP contribution in [0.5, 0.6) is 5.88 Å². The molecule has 0 unspecified atom stereocenters. The Kier molecular flexibility index (Phi) is 6.07. The van der Waals surface area contributed by atoms with Crippen molar-refractivity contribution in [2.45, 2.75) is 13.5 Å². The molecule has 4 aromatic rings. The summed E-state index contributed by atoms with van der Waals surface area (Å²) in [6, 6.07) is 15.0. The minimum Gasteiger partial charge on any atom is -0.493 e. The first-order valence-electron chi connectivity index (χ1n) is 10.0. The first-order chi connectivity index (χ1) is 15.3. The van der Waals surface area contributed by atoms with Gasteiger partial charge in [-0.15, -0.1) is 0 Å². The molecule has 32 heavy (non-hydrogen) atoms. The van der Waals surface area contributed by atoms with E-state index in [0.29, 0.717) is 27.6 Å². The Morgan fingerprint density at radius 3 is 2.53 bits per heavy atom. The maximum absolute atomic E-state index is 12.7. The van der Waals surface area contributed by atoms with Crippen molar-refractivity contribution in [2.75, 3.05) is 25.5 Å². The number of para-hydroxylation sites is 1. The largest absolute Gasteiger partial charge is 0.493 e. The lowest BCUT2D eigenvalue weighted by Gasteiger charge is -2.22. The van der Waals surface area contributed by atoms with Crippen LogP contribution in [0.4, 0.5) is 5.69 Å². The number of likely N-dealkylation sites (N-methyl/N-ethyl adjacent to an activating group) is 2. The molecule has 0 aliphatic heterocycles. The van der Waals surface area contributed by atoms with Gasteiger partial charge in [0.2, 0.25) is 11.8 Å². The van der Waals surface area contributed by atoms with Crippen LogP contribution in [0.3, 0.4) is 0 Å². The van der Waals surface area contributed by atoms with Crippen molar-refractivity contribution < 1.29 is 9.90 Å². The number of benzene rings is 2. The van der Waals surface area contributed by atoms with Gasteiger partial charge in [0.05, 0.1) is 35.7 Å². The van der Waals surface area contributed by atoms with Crippen LogP contribution < -0.4 is 4.90 Å². The van der Waals surface area contributed by atoms with E-state index >= 15 is 0 Å². The number of nitrogens with zero attached hydrogens (tertiary/aromatic N) is 6. The van der Waals surface area contributed by atoms with Crippen molar-refractivity contribution in [3.05, 3.63) is 71.1 Å². The van der Waals surface area contributed by atoms with Gasteiger partial charge in [0.25, 0.3) is 0 Å². The quantitative estimate of drug-likeness (QED) is 0.483. The highest BCUT2D eigenvalue weighted by atomic mass is 35.5. The number of fused-ring (bicyclic) bond motifs is 1. The topological polar surface area (TPSA) is 87.4 Å². The van der Waals surface area contributed by atoms with Gasteiger partial charge >= 0.3 is 0 Å². The smallest absolute Gasteiger partial charge is 0.240 e. The van der Waals surface area contributed by atoms with Gasteiger partial charge in [-0.3, -0.25) is 9.69 Å². The molecule has 0 saturated heterocycles. The molecular formula is C23H23ClN6O2. The Bertz CT molecular complexity index is 1270. The number of aryl methyl sites for hydroxylation is 1. The molecule has 2 aromatic carbocycles. The standard InChI is InChI=1S/C23H23ClN6O2/c1-15-8-10-16(11-9-15)30-22-17(12-25-30)23(32)27-20(26-22)13-28(2)14-21(31)29(3)19-7-5-4-6-18(19)24/h4-12H,13-14H2,1-3H3,(H,26,27,32). The number of carbonyl (C=O) groups is 1. The average molecular weight is 451 g/mol. The lowest BCUT2D eigenvalue weighted by Crippen LogP contribution is -2.36. The SMILES string of the molecule is Cc1ccc(-n2ncc3c(O)nc(CN(C)CC(=O)N(C)c4ccccc4Cl)nc32)cc1. The average Bonchev–Trinajstić information content (AvgIpc) is 3.18. The summed E-state index contributed by atoms with van der Waals surface area (Å²) in [5.74, 6) is 0.117. The summed E-state index contributed by atoms with van der Waals surface area (Å²) in [6.07, 6.45) is 1.54. The molecule has 2 aromatic heterocycles. The molecule has 0 bridgehead atoms. The second kappa shape index (κ2) is 8.94. The van der Waals surface area contributed by atoms with E-state index in [0.717, 1.165) is 11.3 Å². The first-order valence-corrected chi connectivity index (χ1v) is 10.4. The predicted molar refractivity (Wildman–Crippen MR) is 124 cm³/mol. The van der Waals surface area contributed by atoms with E-state index in [4.69, 9.17) is 11.6 Å². The van der Waals surface area contributed by atoms with Crippen molar-refractivity contribution >= 4 is 34.2 Å². The number of halogens is 1. The van der Waals surface area contributed by atoms with Gasteiger partial charge in [-0.05, 0) is 38.2 Å². The predicted octanol–water partition coefficient (Wildman–Crippen LogP) is 3.58. The monoisotopic (exact) mass is 450 g/mol. The Balaban J connectivity index is 1.53. The van der Waals surface area contributed by atoms with Crippen LogP contribution in [0.2, 0.25) is 5.02 Å². The Labute approximate surface area is 190 Å². The Morgan fingerprint density at radius 1 is 1.09 bits per heavy atom. The van der Waals surface area contributed by atoms with E-state index in [9.17, 15) is 9.90 Å². The summed E-state index contributed by atoms with van der Waals surface area (Å²) < 4.78 is 1.66. The van der Waals surface area contributed by atoms with Crippen molar-refractivity contribution in [3.63, 3.8) is 0 Å². The minimum absolute atomic E-state index is 0.126. The van der Waals surface area contributed by atoms with E-state index in [1.807, 2.05) is 43.3 Å². The maximum Gasteiger partial charge on any atom is 0.240 e. The lowest BCUT2D eigenvalue weighted by atomic mass is 10.2. The number of hydrogen-bond donors (Lipinski definition) is 1. The third-order valence-electron chi connectivity index (χ3n) is 5.14. The van der Waals surface area contributed by atoms with Gasteiger partial charge in [0, 0.05) is 7.05 Å². The van der Waals surface area contributed by atoms with Crippen LogP contribution >= 0.6 is 11.6 Å². The van der Waals surface area contributed by atoms with Crippen molar-refractivity contribution in [1.29, 1.82) is 0 Å². The minimum atomic E-state index is -0.142. The molecule has 0 spiro atoms. The van der Waals surface area contributed by atoms with Crippen LogP contribution in [0.15, 0.2) is 54.7 Å². The van der Waals surface area contributed by atoms with Gasteiger partial charge in [0.1, 0.15) is 11.2 Å². The van der Waals surface area contributed by atoms with Crippen molar-refractivity contribution in [3.8, 4) is 11.6 Å². The molecule has 9 heteroatoms. The zero-order chi connectivity index (χ0) is 22.8. The second-order valence-corrected chi connectivity index (χ2v) is 8.08. The Hall–Kier alpha value is -3.49. The van der Waals surface area contributed by atoms with Crippen molar-refractivity contribution in [2.24, 2.45) is 0 Å². The maximum atomic E-state index is 12.7. The summed E-state index contributed by atoms with van der Waals surface area (Å²) in [5.41, 5.74) is 3.12. The molecule has 164 valence electrons. The van der Waals surface area contributed by atoms with Gasteiger partial charge in [-0.1, -0.05) is 41.4 Å². The molecule has 2 heterocycles. The van der Waals surface area contributed by atoms with E-state index in [1.54, 1.807) is 42.0 Å². The number of hydrogen-bond acceptors (Lipinski definition) is 6. The molecule has 1 N–H and O–H groups in total. The lowest BCUT2D eigenvalue weighted by molar-refractivity contribution is -0.119. The summed E-state index contributed by atoms with van der Waals surface area (Å²) in [7, 11) is 3.48. The molecule has 0 saturated carbocycles. The first kappa shape index (κ1) is 21.7. The molecule has 0 aliphatic rings. The van der Waals surface area contributed by atoms with E-state index in [-0.39, 0.29) is 24.9 Å². The summed E-state index contributed by atoms with van der Waals surface area (Å²) in [5, 5.41) is 15.7. The molecule has 0 atom stereocenters. The molecule has 0 fully saturated rings. The fraction of sp³-hybridized carbons (Fsp3) is 0.217. The highest BCUT2D eigenvalue weighted by molar-refractivity contribution is 6.33. The molecular weight excluding hydrogens is 428 g/mol. The summed E-state index contributed by atoms with van der Waals surface area (Å²) in [4.78, 5) is 24.8. The Morgan fingerprint density at radius 2 is 1.81 bits per heavy atom. The number of aromatic hydroxyl groups is 1. The highest BCUT2D eigenvalue weighted by Gasteiger charge is 2.18. The van der Waals surface area contributed by atoms with Gasteiger partial charge < -0.3 is 10.0 Å². The van der Waals surface area contributed by atoms with Gasteiger partial charge in [0.15, 0.2) is 5.65 Å². The van der Waals surface area contributed by atoms with E-state index in [1.165, 1.54) is 4.90 Å². The van der Waals surface area contributed by atoms with E-state index in [2.05, 4.69) is 15.1 Å². The van der Waals surface area contributed by atoms with Gasteiger partial charge in [-0.25, -0.2) is 9.67 Å². The van der Waals surface area contributed by atoms with Crippen LogP contribution in [-0.2, 0) is 11.3 Å². The van der Waals surface area contributed by atoms with Crippen LogP contribution in [0.1, 0.15) is 11.4 Å².